The third-order valence-corrected chi connectivity index (χ3v) is 8.06. The number of carbonyl (C=O) groups is 3. The van der Waals surface area contributed by atoms with Crippen LogP contribution in [0.5, 0.6) is 0 Å². The maximum Gasteiger partial charge on any atom is 0.481 e. The number of nitrogens with two attached hydrogens (primary N) is 1. The Balaban J connectivity index is 1.53. The molecule has 1 aromatic rings. The number of phosphoric ester groups is 1. The molecule has 0 radical (unpaired) electrons. The monoisotopic (exact) mass is 619 g/mol. The number of halogens is 1. The van der Waals surface area contributed by atoms with Crippen LogP contribution in [0.4, 0.5) is 10.2 Å². The Morgan fingerprint density at radius 2 is 1.74 bits per heavy atom. The zero-order chi connectivity index (χ0) is 31.5. The summed E-state index contributed by atoms with van der Waals surface area (Å²) in [6.07, 6.45) is -4.32. The van der Waals surface area contributed by atoms with E-state index in [0.29, 0.717) is 0 Å². The van der Waals surface area contributed by atoms with E-state index in [0.717, 1.165) is 17.0 Å². The summed E-state index contributed by atoms with van der Waals surface area (Å²) in [5.41, 5.74) is -0.633. The molecule has 2 fully saturated rings. The number of carbonyl (C=O) groups excluding carboxylic acids is 3. The van der Waals surface area contributed by atoms with E-state index in [9.17, 15) is 24.1 Å². The van der Waals surface area contributed by atoms with Crippen molar-refractivity contribution in [1.82, 2.24) is 14.9 Å². The number of anilines is 1. The summed E-state index contributed by atoms with van der Waals surface area (Å²) >= 11 is 0. The molecule has 0 bridgehead atoms. The highest BCUT2D eigenvalue weighted by Gasteiger charge is 2.89. The summed E-state index contributed by atoms with van der Waals surface area (Å²) < 4.78 is 62.1. The van der Waals surface area contributed by atoms with Crippen LogP contribution >= 0.6 is 7.82 Å². The summed E-state index contributed by atoms with van der Waals surface area (Å²) in [6, 6.07) is 0. The molecule has 1 aromatic heterocycles. The molecule has 0 aromatic carbocycles. The van der Waals surface area contributed by atoms with Crippen LogP contribution in [0.2, 0.25) is 0 Å². The second-order valence-corrected chi connectivity index (χ2v) is 13.6. The molecule has 1 amide bonds. The number of alkyl halides is 1. The van der Waals surface area contributed by atoms with Gasteiger partial charge in [-0.25, -0.2) is 23.0 Å². The Morgan fingerprint density at radius 1 is 1.19 bits per heavy atom. The fraction of sp³-hybridized carbons (Fsp3) is 0.667. The number of nitrogens with one attached hydrogen (secondary N) is 2. The highest BCUT2D eigenvalue weighted by Crippen LogP contribution is 2.70. The lowest BCUT2D eigenvalue weighted by atomic mass is 9.98. The number of fused-ring (bicyclic) bond motifs is 2. The van der Waals surface area contributed by atoms with Crippen LogP contribution in [0.25, 0.3) is 0 Å². The standard InChI is InChI=1S/C24H35FN5O11P/c1-8-23-17(24(23,34)13(25)16(40-23)30-9-27-12-14(30)28-20(26)29-15(12)31)41-42(35,38-10-36-18(32)21(2,3)4)39-11-37-19(33)22(5,6)7/h8-9,13,16-17,20,28,34H,1,10-11,26H2,2-7H3,(H,29,31)/t13-,16+,17?,20?,23+,24+/m0/s1. The highest BCUT2D eigenvalue weighted by atomic mass is 31.2. The van der Waals surface area contributed by atoms with Crippen molar-refractivity contribution in [1.29, 1.82) is 0 Å². The van der Waals surface area contributed by atoms with Crippen molar-refractivity contribution in [3.05, 3.63) is 24.7 Å². The molecule has 1 aliphatic carbocycles. The van der Waals surface area contributed by atoms with Gasteiger partial charge in [0, 0.05) is 0 Å². The Hall–Kier alpha value is -2.92. The van der Waals surface area contributed by atoms with E-state index in [-0.39, 0.29) is 11.5 Å². The molecule has 2 unspecified atom stereocenters. The summed E-state index contributed by atoms with van der Waals surface area (Å²) in [6.45, 7) is 11.2. The smallest absolute Gasteiger partial charge is 0.437 e. The molecular weight excluding hydrogens is 584 g/mol. The van der Waals surface area contributed by atoms with Crippen molar-refractivity contribution < 1.29 is 56.2 Å². The number of aromatic nitrogens is 2. The number of esters is 2. The fourth-order valence-corrected chi connectivity index (χ4v) is 5.45. The minimum atomic E-state index is -4.83. The maximum absolute atomic E-state index is 15.9. The van der Waals surface area contributed by atoms with Gasteiger partial charge in [0.1, 0.15) is 11.9 Å². The molecular formula is C24H35FN5O11P. The van der Waals surface area contributed by atoms with Gasteiger partial charge in [-0.15, -0.1) is 6.58 Å². The minimum absolute atomic E-state index is 0.0409. The van der Waals surface area contributed by atoms with Crippen LogP contribution in [0.3, 0.4) is 0 Å². The number of phosphoric acid groups is 1. The molecule has 5 N–H and O–H groups in total. The maximum atomic E-state index is 15.9. The van der Waals surface area contributed by atoms with E-state index in [1.165, 1.54) is 0 Å². The Labute approximate surface area is 240 Å². The number of hydrogen-bond acceptors (Lipinski definition) is 14. The van der Waals surface area contributed by atoms with Crippen molar-refractivity contribution in [3.63, 3.8) is 0 Å². The second kappa shape index (κ2) is 10.7. The van der Waals surface area contributed by atoms with Gasteiger partial charge in [0.15, 0.2) is 35.6 Å². The zero-order valence-electron chi connectivity index (χ0n) is 23.9. The fourth-order valence-electron chi connectivity index (χ4n) is 4.32. The van der Waals surface area contributed by atoms with E-state index < -0.39 is 86.1 Å². The molecule has 1 saturated carbocycles. The third-order valence-electron chi connectivity index (χ3n) is 6.74. The number of nitrogens with zero attached hydrogens (tertiary/aromatic N) is 2. The number of aliphatic hydroxyl groups is 1. The van der Waals surface area contributed by atoms with Gasteiger partial charge in [-0.3, -0.25) is 29.2 Å². The van der Waals surface area contributed by atoms with E-state index in [2.05, 4.69) is 22.2 Å². The summed E-state index contributed by atoms with van der Waals surface area (Å²) in [5.74, 6) is -1.99. The van der Waals surface area contributed by atoms with Crippen molar-refractivity contribution in [2.45, 2.75) is 77.5 Å². The van der Waals surface area contributed by atoms with Gasteiger partial charge in [-0.05, 0) is 41.5 Å². The van der Waals surface area contributed by atoms with Crippen molar-refractivity contribution in [3.8, 4) is 0 Å². The van der Waals surface area contributed by atoms with Crippen LogP contribution in [0.1, 0.15) is 58.3 Å². The van der Waals surface area contributed by atoms with Crippen LogP contribution < -0.4 is 16.4 Å². The molecule has 2 aliphatic heterocycles. The van der Waals surface area contributed by atoms with E-state index in [1.54, 1.807) is 41.5 Å². The van der Waals surface area contributed by atoms with Gasteiger partial charge in [-0.2, -0.15) is 0 Å². The zero-order valence-corrected chi connectivity index (χ0v) is 24.8. The van der Waals surface area contributed by atoms with E-state index >= 15 is 4.39 Å². The number of imidazole rings is 1. The average molecular weight is 620 g/mol. The number of ether oxygens (including phenoxy) is 3. The first-order valence-electron chi connectivity index (χ1n) is 12.8. The first-order chi connectivity index (χ1) is 19.3. The normalized spacial score (nSPS) is 30.5. The molecule has 16 nitrogen and oxygen atoms in total. The van der Waals surface area contributed by atoms with Gasteiger partial charge in [-0.1, -0.05) is 6.08 Å². The molecule has 18 heteroatoms. The van der Waals surface area contributed by atoms with Crippen LogP contribution in [0.15, 0.2) is 19.0 Å². The first-order valence-corrected chi connectivity index (χ1v) is 14.3. The second-order valence-electron chi connectivity index (χ2n) is 12.0. The first kappa shape index (κ1) is 32.0. The summed E-state index contributed by atoms with van der Waals surface area (Å²) in [7, 11) is -4.83. The van der Waals surface area contributed by atoms with Crippen molar-refractivity contribution in [2.75, 3.05) is 18.9 Å². The topological polar surface area (TPSA) is 212 Å². The Bertz CT molecular complexity index is 1290. The lowest BCUT2D eigenvalue weighted by Gasteiger charge is -2.28. The van der Waals surface area contributed by atoms with Gasteiger partial charge >= 0.3 is 19.8 Å². The molecule has 3 aliphatic rings. The number of amides is 1. The highest BCUT2D eigenvalue weighted by molar-refractivity contribution is 7.48. The molecule has 4 rings (SSSR count). The molecule has 42 heavy (non-hydrogen) atoms. The molecule has 1 saturated heterocycles. The van der Waals surface area contributed by atoms with Crippen LogP contribution in [-0.2, 0) is 41.9 Å². The molecule has 234 valence electrons. The van der Waals surface area contributed by atoms with Crippen LogP contribution in [0, 0.1) is 10.8 Å². The summed E-state index contributed by atoms with van der Waals surface area (Å²) in [4.78, 5) is 40.4. The molecule has 0 spiro atoms. The van der Waals surface area contributed by atoms with Gasteiger partial charge in [0.05, 0.1) is 17.2 Å². The Kier molecular flexibility index (Phi) is 8.12. The predicted molar refractivity (Wildman–Crippen MR) is 140 cm³/mol. The van der Waals surface area contributed by atoms with E-state index in [1.807, 2.05) is 0 Å². The van der Waals surface area contributed by atoms with Gasteiger partial charge < -0.3 is 30.0 Å². The SMILES string of the molecule is C=C[C@]12O[C@@H](n3cnc4c3NC(N)NC4=O)[C@H](F)[C@@]1(O)C2OP(=O)(OCOC(=O)C(C)(C)C)OCOC(=O)C(C)(C)C. The molecule has 3 heterocycles. The van der Waals surface area contributed by atoms with Gasteiger partial charge in [0.2, 0.25) is 13.6 Å². The van der Waals surface area contributed by atoms with Crippen LogP contribution in [-0.4, -0.2) is 75.9 Å². The quantitative estimate of drug-likeness (QED) is 0.126. The van der Waals surface area contributed by atoms with Gasteiger partial charge in [0.25, 0.3) is 5.91 Å². The predicted octanol–water partition coefficient (Wildman–Crippen LogP) is 1.44. The minimum Gasteiger partial charge on any atom is -0.437 e. The molecule has 6 atom stereocenters. The lowest BCUT2D eigenvalue weighted by Crippen LogP contribution is -2.51. The number of hydrogen-bond donors (Lipinski definition) is 4. The van der Waals surface area contributed by atoms with Crippen molar-refractivity contribution in [2.24, 2.45) is 16.6 Å². The largest absolute Gasteiger partial charge is 0.481 e. The number of rotatable bonds is 10. The third kappa shape index (κ3) is 5.45. The average Bonchev–Trinajstić information content (AvgIpc) is 3.11. The summed E-state index contributed by atoms with van der Waals surface area (Å²) in [5, 5.41) is 16.5. The van der Waals surface area contributed by atoms with E-state index in [4.69, 9.17) is 33.5 Å². The Morgan fingerprint density at radius 3 is 2.21 bits per heavy atom. The lowest BCUT2D eigenvalue weighted by molar-refractivity contribution is -0.164. The van der Waals surface area contributed by atoms with Crippen molar-refractivity contribution >= 4 is 31.5 Å².